The van der Waals surface area contributed by atoms with Crippen LogP contribution in [0, 0.1) is 0 Å². The molecule has 0 saturated heterocycles. The summed E-state index contributed by atoms with van der Waals surface area (Å²) in [6, 6.07) is 3.25. The average molecular weight is 289 g/mol. The Morgan fingerprint density at radius 3 is 2.53 bits per heavy atom. The van der Waals surface area contributed by atoms with Crippen LogP contribution >= 0.6 is 0 Å². The lowest BCUT2D eigenvalue weighted by Crippen LogP contribution is -2.45. The van der Waals surface area contributed by atoms with E-state index in [1.54, 1.807) is 12.1 Å². The summed E-state index contributed by atoms with van der Waals surface area (Å²) in [6.45, 7) is 2.14. The SMILES string of the molecule is CC(C)(C(=O)O)S(=O)(=O)CC(=O)NCc1ccco1. The second-order valence-electron chi connectivity index (χ2n) is 4.43. The molecule has 106 valence electrons. The van der Waals surface area contributed by atoms with E-state index in [-0.39, 0.29) is 6.54 Å². The molecule has 0 aromatic carbocycles. The minimum absolute atomic E-state index is 0.0504. The molecule has 0 fully saturated rings. The smallest absolute Gasteiger partial charge is 0.324 e. The number of sulfone groups is 1. The van der Waals surface area contributed by atoms with Crippen LogP contribution in [0.25, 0.3) is 0 Å². The molecule has 2 N–H and O–H groups in total. The van der Waals surface area contributed by atoms with Crippen molar-refractivity contribution < 1.29 is 27.5 Å². The van der Waals surface area contributed by atoms with Crippen LogP contribution in [0.2, 0.25) is 0 Å². The van der Waals surface area contributed by atoms with Crippen LogP contribution in [0.4, 0.5) is 0 Å². The monoisotopic (exact) mass is 289 g/mol. The summed E-state index contributed by atoms with van der Waals surface area (Å²) in [5, 5.41) is 11.2. The zero-order valence-electron chi connectivity index (χ0n) is 10.5. The van der Waals surface area contributed by atoms with Gasteiger partial charge in [-0.05, 0) is 26.0 Å². The molecule has 1 aromatic rings. The van der Waals surface area contributed by atoms with Crippen LogP contribution in [0.15, 0.2) is 22.8 Å². The van der Waals surface area contributed by atoms with Gasteiger partial charge in [0.2, 0.25) is 5.91 Å². The van der Waals surface area contributed by atoms with Crippen molar-refractivity contribution in [2.75, 3.05) is 5.75 Å². The van der Waals surface area contributed by atoms with Crippen molar-refractivity contribution >= 4 is 21.7 Å². The molecule has 0 spiro atoms. The van der Waals surface area contributed by atoms with Gasteiger partial charge in [-0.25, -0.2) is 8.42 Å². The normalized spacial score (nSPS) is 12.1. The maximum atomic E-state index is 11.8. The zero-order valence-corrected chi connectivity index (χ0v) is 11.4. The molecule has 1 rings (SSSR count). The summed E-state index contributed by atoms with van der Waals surface area (Å²) in [5.74, 6) is -2.67. The van der Waals surface area contributed by atoms with Crippen molar-refractivity contribution in [3.63, 3.8) is 0 Å². The second kappa shape index (κ2) is 5.43. The number of carboxylic acids is 1. The summed E-state index contributed by atoms with van der Waals surface area (Å²) in [7, 11) is -4.09. The molecule has 1 amide bonds. The minimum Gasteiger partial charge on any atom is -0.480 e. The molecule has 0 aliphatic rings. The molecule has 19 heavy (non-hydrogen) atoms. The Balaban J connectivity index is 2.63. The van der Waals surface area contributed by atoms with Gasteiger partial charge in [0.25, 0.3) is 0 Å². The van der Waals surface area contributed by atoms with Crippen molar-refractivity contribution in [1.29, 1.82) is 0 Å². The molecular formula is C11H15NO6S. The Morgan fingerprint density at radius 2 is 2.05 bits per heavy atom. The predicted octanol–water partition coefficient (Wildman–Crippen LogP) is 0.174. The molecule has 0 aliphatic heterocycles. The molecule has 0 unspecified atom stereocenters. The zero-order chi connectivity index (χ0) is 14.7. The molecule has 0 atom stereocenters. The Kier molecular flexibility index (Phi) is 4.35. The summed E-state index contributed by atoms with van der Waals surface area (Å²) >= 11 is 0. The lowest BCUT2D eigenvalue weighted by atomic mass is 10.2. The standard InChI is InChI=1S/C11H15NO6S/c1-11(2,10(14)15)19(16,17)7-9(13)12-6-8-4-3-5-18-8/h3-5H,6-7H2,1-2H3,(H,12,13)(H,14,15). The highest BCUT2D eigenvalue weighted by Crippen LogP contribution is 2.17. The third-order valence-electron chi connectivity index (χ3n) is 2.65. The number of carbonyl (C=O) groups excluding carboxylic acids is 1. The number of amides is 1. The summed E-state index contributed by atoms with van der Waals surface area (Å²) in [6.07, 6.45) is 1.42. The maximum Gasteiger partial charge on any atom is 0.324 e. The largest absolute Gasteiger partial charge is 0.480 e. The van der Waals surface area contributed by atoms with E-state index < -0.39 is 32.2 Å². The van der Waals surface area contributed by atoms with Gasteiger partial charge in [-0.2, -0.15) is 0 Å². The first-order valence-corrected chi connectivity index (χ1v) is 7.07. The van der Waals surface area contributed by atoms with Crippen molar-refractivity contribution in [1.82, 2.24) is 5.32 Å². The van der Waals surface area contributed by atoms with Gasteiger partial charge in [0.15, 0.2) is 14.6 Å². The van der Waals surface area contributed by atoms with Crippen LogP contribution in [0.3, 0.4) is 0 Å². The van der Waals surface area contributed by atoms with E-state index in [2.05, 4.69) is 5.32 Å². The van der Waals surface area contributed by atoms with Gasteiger partial charge < -0.3 is 14.8 Å². The highest BCUT2D eigenvalue weighted by Gasteiger charge is 2.42. The molecule has 0 bridgehead atoms. The third-order valence-corrected chi connectivity index (χ3v) is 5.03. The first-order valence-electron chi connectivity index (χ1n) is 5.41. The van der Waals surface area contributed by atoms with Crippen LogP contribution in [-0.4, -0.2) is 35.9 Å². The minimum atomic E-state index is -4.09. The Bertz CT molecular complexity index is 558. The van der Waals surface area contributed by atoms with Crippen molar-refractivity contribution in [2.24, 2.45) is 0 Å². The van der Waals surface area contributed by atoms with Gasteiger partial charge in [-0.15, -0.1) is 0 Å². The van der Waals surface area contributed by atoms with E-state index in [4.69, 9.17) is 9.52 Å². The van der Waals surface area contributed by atoms with Gasteiger partial charge in [0.05, 0.1) is 12.8 Å². The number of hydrogen-bond acceptors (Lipinski definition) is 5. The molecule has 7 nitrogen and oxygen atoms in total. The Morgan fingerprint density at radius 1 is 1.42 bits per heavy atom. The number of rotatable bonds is 6. The number of nitrogens with one attached hydrogen (secondary N) is 1. The van der Waals surface area contributed by atoms with E-state index in [0.717, 1.165) is 13.8 Å². The number of carbonyl (C=O) groups is 2. The summed E-state index contributed by atoms with van der Waals surface area (Å²) in [4.78, 5) is 22.4. The summed E-state index contributed by atoms with van der Waals surface area (Å²) < 4.78 is 26.6. The van der Waals surface area contributed by atoms with Gasteiger partial charge >= 0.3 is 5.97 Å². The maximum absolute atomic E-state index is 11.8. The quantitative estimate of drug-likeness (QED) is 0.772. The van der Waals surface area contributed by atoms with Gasteiger partial charge in [-0.3, -0.25) is 9.59 Å². The first-order chi connectivity index (χ1) is 8.67. The summed E-state index contributed by atoms with van der Waals surface area (Å²) in [5.41, 5.74) is 0. The first kappa shape index (κ1) is 15.2. The number of furan rings is 1. The van der Waals surface area contributed by atoms with Gasteiger partial charge in [0.1, 0.15) is 11.5 Å². The molecule has 1 heterocycles. The topological polar surface area (TPSA) is 114 Å². The Labute approximate surface area is 110 Å². The molecule has 8 heteroatoms. The molecular weight excluding hydrogens is 274 g/mol. The lowest BCUT2D eigenvalue weighted by Gasteiger charge is -2.19. The van der Waals surface area contributed by atoms with Gasteiger partial charge in [-0.1, -0.05) is 0 Å². The van der Waals surface area contributed by atoms with Crippen LogP contribution < -0.4 is 5.32 Å². The lowest BCUT2D eigenvalue weighted by molar-refractivity contribution is -0.139. The highest BCUT2D eigenvalue weighted by molar-refractivity contribution is 7.94. The van der Waals surface area contributed by atoms with E-state index in [1.165, 1.54) is 6.26 Å². The third kappa shape index (κ3) is 3.57. The fraction of sp³-hybridized carbons (Fsp3) is 0.455. The van der Waals surface area contributed by atoms with Crippen LogP contribution in [0.5, 0.6) is 0 Å². The van der Waals surface area contributed by atoms with Gasteiger partial charge in [0, 0.05) is 0 Å². The highest BCUT2D eigenvalue weighted by atomic mass is 32.2. The van der Waals surface area contributed by atoms with Crippen LogP contribution in [0.1, 0.15) is 19.6 Å². The molecule has 0 saturated carbocycles. The Hall–Kier alpha value is -1.83. The van der Waals surface area contributed by atoms with Crippen molar-refractivity contribution in [3.05, 3.63) is 24.2 Å². The van der Waals surface area contributed by atoms with Crippen LogP contribution in [-0.2, 0) is 26.0 Å². The van der Waals surface area contributed by atoms with E-state index in [1.807, 2.05) is 0 Å². The van der Waals surface area contributed by atoms with E-state index >= 15 is 0 Å². The average Bonchev–Trinajstić information content (AvgIpc) is 2.78. The number of hydrogen-bond donors (Lipinski definition) is 2. The van der Waals surface area contributed by atoms with E-state index in [0.29, 0.717) is 5.76 Å². The molecule has 1 aromatic heterocycles. The predicted molar refractivity (Wildman–Crippen MR) is 66.1 cm³/mol. The van der Waals surface area contributed by atoms with Crippen molar-refractivity contribution in [3.8, 4) is 0 Å². The second-order valence-corrected chi connectivity index (χ2v) is 6.97. The van der Waals surface area contributed by atoms with E-state index in [9.17, 15) is 18.0 Å². The molecule has 0 radical (unpaired) electrons. The fourth-order valence-electron chi connectivity index (χ4n) is 1.14. The number of carboxylic acid groups (broad SMARTS) is 1. The van der Waals surface area contributed by atoms with Crippen molar-refractivity contribution in [2.45, 2.75) is 25.1 Å². The number of aliphatic carboxylic acids is 1. The fourth-order valence-corrected chi connectivity index (χ4v) is 2.21. The molecule has 0 aliphatic carbocycles.